The lowest BCUT2D eigenvalue weighted by molar-refractivity contribution is 0.687. The zero-order valence-electron chi connectivity index (χ0n) is 16.4. The van der Waals surface area contributed by atoms with Gasteiger partial charge in [0.15, 0.2) is 10.9 Å². The Morgan fingerprint density at radius 1 is 1.00 bits per heavy atom. The molecule has 0 aliphatic rings. The fraction of sp³-hybridized carbons (Fsp3) is 0.136. The van der Waals surface area contributed by atoms with Gasteiger partial charge in [-0.2, -0.15) is 10.2 Å². The van der Waals surface area contributed by atoms with Crippen LogP contribution >= 0.6 is 23.8 Å². The van der Waals surface area contributed by atoms with Gasteiger partial charge in [-0.1, -0.05) is 48.0 Å². The summed E-state index contributed by atoms with van der Waals surface area (Å²) in [7, 11) is 0. The Bertz CT molecular complexity index is 1150. The molecule has 30 heavy (non-hydrogen) atoms. The van der Waals surface area contributed by atoms with E-state index in [2.05, 4.69) is 39.9 Å². The van der Waals surface area contributed by atoms with Crippen molar-refractivity contribution in [1.82, 2.24) is 19.6 Å². The summed E-state index contributed by atoms with van der Waals surface area (Å²) in [5, 5.41) is 16.3. The van der Waals surface area contributed by atoms with Crippen molar-refractivity contribution >= 4 is 40.4 Å². The summed E-state index contributed by atoms with van der Waals surface area (Å²) in [4.78, 5) is 0. The van der Waals surface area contributed by atoms with E-state index in [1.54, 1.807) is 6.20 Å². The Balaban J connectivity index is 1.32. The molecule has 0 fully saturated rings. The minimum absolute atomic E-state index is 0.460. The van der Waals surface area contributed by atoms with Gasteiger partial charge in [0, 0.05) is 23.5 Å². The average Bonchev–Trinajstić information content (AvgIpc) is 3.35. The highest BCUT2D eigenvalue weighted by Crippen LogP contribution is 2.13. The van der Waals surface area contributed by atoms with Crippen LogP contribution in [0.3, 0.4) is 0 Å². The van der Waals surface area contributed by atoms with E-state index in [0.717, 1.165) is 16.3 Å². The molecule has 2 aromatic carbocycles. The zero-order chi connectivity index (χ0) is 20.9. The molecule has 0 radical (unpaired) electrons. The molecule has 0 atom stereocenters. The van der Waals surface area contributed by atoms with Gasteiger partial charge in [0.25, 0.3) is 0 Å². The van der Waals surface area contributed by atoms with Crippen molar-refractivity contribution in [1.29, 1.82) is 0 Å². The van der Waals surface area contributed by atoms with E-state index in [1.807, 2.05) is 64.2 Å². The third-order valence-corrected chi connectivity index (χ3v) is 5.08. The first-order valence-corrected chi connectivity index (χ1v) is 10.3. The van der Waals surface area contributed by atoms with Crippen molar-refractivity contribution in [3.63, 3.8) is 0 Å². The third kappa shape index (κ3) is 5.25. The van der Waals surface area contributed by atoms with E-state index < -0.39 is 0 Å². The van der Waals surface area contributed by atoms with Gasteiger partial charge >= 0.3 is 0 Å². The molecule has 4 rings (SSSR count). The fourth-order valence-corrected chi connectivity index (χ4v) is 3.40. The molecule has 152 valence electrons. The maximum atomic E-state index is 5.93. The first-order valence-electron chi connectivity index (χ1n) is 9.48. The second-order valence-corrected chi connectivity index (χ2v) is 7.80. The molecule has 6 nitrogen and oxygen atoms in total. The van der Waals surface area contributed by atoms with Gasteiger partial charge in [0.2, 0.25) is 0 Å². The van der Waals surface area contributed by atoms with E-state index in [0.29, 0.717) is 24.0 Å². The number of hydrogen-bond acceptors (Lipinski definition) is 3. The highest BCUT2D eigenvalue weighted by Gasteiger charge is 2.06. The Kier molecular flexibility index (Phi) is 6.11. The van der Waals surface area contributed by atoms with Crippen molar-refractivity contribution in [2.75, 3.05) is 10.6 Å². The lowest BCUT2D eigenvalue weighted by Gasteiger charge is -2.07. The first-order chi connectivity index (χ1) is 14.5. The number of anilines is 2. The number of thiocarbonyl (C=S) groups is 1. The minimum Gasteiger partial charge on any atom is -0.330 e. The molecular weight excluding hydrogens is 416 g/mol. The monoisotopic (exact) mass is 436 g/mol. The van der Waals surface area contributed by atoms with Crippen molar-refractivity contribution < 1.29 is 0 Å². The molecule has 0 saturated heterocycles. The summed E-state index contributed by atoms with van der Waals surface area (Å²) >= 11 is 11.3. The number of aromatic nitrogens is 4. The Morgan fingerprint density at radius 3 is 2.60 bits per heavy atom. The molecule has 8 heteroatoms. The molecule has 2 N–H and O–H groups in total. The predicted molar refractivity (Wildman–Crippen MR) is 125 cm³/mol. The van der Waals surface area contributed by atoms with Crippen molar-refractivity contribution in [2.24, 2.45) is 0 Å². The van der Waals surface area contributed by atoms with Crippen LogP contribution in [0.1, 0.15) is 16.7 Å². The number of hydrogen-bond donors (Lipinski definition) is 2. The normalized spacial score (nSPS) is 10.7. The SMILES string of the molecule is Cc1ccccc1Cn1ccc(NC(=S)Nc2cnn(Cc3ccc(Cl)cc3)c2)n1. The van der Waals surface area contributed by atoms with Crippen molar-refractivity contribution in [3.8, 4) is 0 Å². The van der Waals surface area contributed by atoms with Crippen LogP contribution in [0.2, 0.25) is 5.02 Å². The molecule has 0 aliphatic heterocycles. The highest BCUT2D eigenvalue weighted by molar-refractivity contribution is 7.80. The molecule has 2 aromatic heterocycles. The molecule has 0 spiro atoms. The largest absolute Gasteiger partial charge is 0.330 e. The second-order valence-electron chi connectivity index (χ2n) is 6.96. The van der Waals surface area contributed by atoms with Crippen molar-refractivity contribution in [3.05, 3.63) is 94.9 Å². The van der Waals surface area contributed by atoms with Crippen LogP contribution < -0.4 is 10.6 Å². The number of halogens is 1. The van der Waals surface area contributed by atoms with Crippen LogP contribution in [0.15, 0.2) is 73.2 Å². The number of rotatable bonds is 6. The molecule has 0 unspecified atom stereocenters. The summed E-state index contributed by atoms with van der Waals surface area (Å²) < 4.78 is 3.72. The maximum Gasteiger partial charge on any atom is 0.176 e. The summed E-state index contributed by atoms with van der Waals surface area (Å²) in [5.41, 5.74) is 4.41. The number of aryl methyl sites for hydroxylation is 1. The second kappa shape index (κ2) is 9.11. The van der Waals surface area contributed by atoms with E-state index in [9.17, 15) is 0 Å². The number of nitrogens with zero attached hydrogens (tertiary/aromatic N) is 4. The van der Waals surface area contributed by atoms with Crippen LogP contribution in [-0.2, 0) is 13.1 Å². The standard InChI is InChI=1S/C22H21ClN6S/c1-16-4-2-3-5-18(16)14-28-11-10-21(27-28)26-22(30)25-20-12-24-29(15-20)13-17-6-8-19(23)9-7-17/h2-12,15H,13-14H2,1H3,(H2,25,26,27,30). The van der Waals surface area contributed by atoms with Gasteiger partial charge in [-0.25, -0.2) is 0 Å². The summed E-state index contributed by atoms with van der Waals surface area (Å²) in [6.07, 6.45) is 5.57. The average molecular weight is 437 g/mol. The molecule has 4 aromatic rings. The summed E-state index contributed by atoms with van der Waals surface area (Å²) in [6.45, 7) is 3.47. The van der Waals surface area contributed by atoms with Gasteiger partial charge in [0.05, 0.1) is 25.0 Å². The lowest BCUT2D eigenvalue weighted by atomic mass is 10.1. The van der Waals surface area contributed by atoms with E-state index in [1.165, 1.54) is 11.1 Å². The molecule has 0 aliphatic carbocycles. The van der Waals surface area contributed by atoms with Crippen LogP contribution in [0.5, 0.6) is 0 Å². The Labute approximate surface area is 185 Å². The summed E-state index contributed by atoms with van der Waals surface area (Å²) in [5.74, 6) is 0.689. The van der Waals surface area contributed by atoms with Gasteiger partial charge in [0.1, 0.15) is 0 Å². The number of benzene rings is 2. The fourth-order valence-electron chi connectivity index (χ4n) is 3.05. The van der Waals surface area contributed by atoms with E-state index in [-0.39, 0.29) is 0 Å². The maximum absolute atomic E-state index is 5.93. The van der Waals surface area contributed by atoms with Gasteiger partial charge < -0.3 is 10.6 Å². The zero-order valence-corrected chi connectivity index (χ0v) is 18.0. The molecule has 0 amide bonds. The van der Waals surface area contributed by atoms with Crippen LogP contribution in [0.4, 0.5) is 11.5 Å². The quantitative estimate of drug-likeness (QED) is 0.419. The molecule has 0 bridgehead atoms. The van der Waals surface area contributed by atoms with Crippen molar-refractivity contribution in [2.45, 2.75) is 20.0 Å². The van der Waals surface area contributed by atoms with Crippen LogP contribution in [0.25, 0.3) is 0 Å². The topological polar surface area (TPSA) is 59.7 Å². The Hall–Kier alpha value is -3.16. The van der Waals surface area contributed by atoms with Crippen LogP contribution in [0, 0.1) is 6.92 Å². The van der Waals surface area contributed by atoms with Gasteiger partial charge in [-0.15, -0.1) is 0 Å². The summed E-state index contributed by atoms with van der Waals surface area (Å²) in [6, 6.07) is 17.9. The smallest absolute Gasteiger partial charge is 0.176 e. The van der Waals surface area contributed by atoms with Gasteiger partial charge in [-0.3, -0.25) is 9.36 Å². The lowest BCUT2D eigenvalue weighted by Crippen LogP contribution is -2.19. The molecule has 2 heterocycles. The Morgan fingerprint density at radius 2 is 1.80 bits per heavy atom. The first kappa shape index (κ1) is 20.1. The van der Waals surface area contributed by atoms with Gasteiger partial charge in [-0.05, 0) is 48.0 Å². The van der Waals surface area contributed by atoms with E-state index >= 15 is 0 Å². The van der Waals surface area contributed by atoms with Crippen LogP contribution in [-0.4, -0.2) is 24.7 Å². The predicted octanol–water partition coefficient (Wildman–Crippen LogP) is 4.95. The van der Waals surface area contributed by atoms with E-state index in [4.69, 9.17) is 23.8 Å². The minimum atomic E-state index is 0.460. The molecule has 0 saturated carbocycles. The third-order valence-electron chi connectivity index (χ3n) is 4.62. The number of nitrogens with one attached hydrogen (secondary N) is 2. The molecular formula is C22H21ClN6S. The highest BCUT2D eigenvalue weighted by atomic mass is 35.5.